The Morgan fingerprint density at radius 1 is 0.379 bits per heavy atom. The molecule has 2 heteroatoms. The Morgan fingerprint density at radius 2 is 0.948 bits per heavy atom. The molecule has 270 valence electrons. The van der Waals surface area contributed by atoms with Crippen molar-refractivity contribution in [3.05, 3.63) is 182 Å². The molecule has 0 saturated carbocycles. The van der Waals surface area contributed by atoms with Crippen LogP contribution in [0.25, 0.3) is 131 Å². The molecule has 0 saturated heterocycles. The van der Waals surface area contributed by atoms with E-state index in [2.05, 4.69) is 198 Å². The van der Waals surface area contributed by atoms with E-state index in [-0.39, 0.29) is 0 Å². The number of fused-ring (bicyclic) bond motifs is 8. The molecule has 0 spiro atoms. The van der Waals surface area contributed by atoms with Crippen LogP contribution in [-0.4, -0.2) is 9.55 Å². The van der Waals surface area contributed by atoms with Gasteiger partial charge < -0.3 is 9.55 Å². The fraction of sp³-hybridized carbons (Fsp3) is 0.0357. The summed E-state index contributed by atoms with van der Waals surface area (Å²) in [7, 11) is 0. The molecule has 13 rings (SSSR count). The quantitative estimate of drug-likeness (QED) is 0.137. The van der Waals surface area contributed by atoms with E-state index in [9.17, 15) is 0 Å². The normalized spacial score (nSPS) is 12.3. The monoisotopic (exact) mass is 736 g/mol. The van der Waals surface area contributed by atoms with Gasteiger partial charge in [-0.25, -0.2) is 0 Å². The molecule has 58 heavy (non-hydrogen) atoms. The van der Waals surface area contributed by atoms with E-state index in [1.54, 1.807) is 0 Å². The molecule has 13 aromatic rings. The number of hydrogen-bond acceptors (Lipinski definition) is 0. The first kappa shape index (κ1) is 31.7. The molecule has 2 heterocycles. The molecule has 0 aliphatic heterocycles. The van der Waals surface area contributed by atoms with Gasteiger partial charge in [-0.3, -0.25) is 0 Å². The van der Waals surface area contributed by atoms with Crippen LogP contribution >= 0.6 is 0 Å². The molecule has 1 N–H and O–H groups in total. The standard InChI is InChI=1S/C56H36N2/c1-2-58-51-28-6-4-17-39(51)46-26-12-25-45(56(46)58)37-19-10-22-41-48(37)32-47-36(43-23-11-24-44-38-16-3-5-27-50(38)57-55(43)44)18-9-21-40(47)54(41)49-31-35-15-7-13-33-29-30-34-14-8-20-42(49)53(34)52(33)35/h3-32,57H,2H2,1H3. The van der Waals surface area contributed by atoms with Gasteiger partial charge in [0.2, 0.25) is 0 Å². The maximum absolute atomic E-state index is 3.83. The lowest BCUT2D eigenvalue weighted by molar-refractivity contribution is 0.828. The SMILES string of the molecule is CCn1c2ccccc2c2cccc(-c3cccc4c(-c5cc6cccc7ccc8cccc5c8c76)c5cccc(-c6cccc7c6[nH]c6ccccc67)c5cc34)c21. The molecule has 0 bridgehead atoms. The van der Waals surface area contributed by atoms with E-state index >= 15 is 0 Å². The van der Waals surface area contributed by atoms with E-state index in [1.807, 2.05) is 0 Å². The largest absolute Gasteiger partial charge is 0.354 e. The summed E-state index contributed by atoms with van der Waals surface area (Å²) in [5, 5.41) is 17.9. The van der Waals surface area contributed by atoms with Crippen molar-refractivity contribution < 1.29 is 0 Å². The zero-order valence-electron chi connectivity index (χ0n) is 32.0. The van der Waals surface area contributed by atoms with Gasteiger partial charge in [0.15, 0.2) is 0 Å². The smallest absolute Gasteiger partial charge is 0.0571 e. The number of nitrogens with one attached hydrogen (secondary N) is 1. The zero-order valence-corrected chi connectivity index (χ0v) is 32.0. The number of rotatable bonds is 4. The number of H-pyrrole nitrogens is 1. The molecular weight excluding hydrogens is 701 g/mol. The third-order valence-electron chi connectivity index (χ3n) is 13.0. The number of hydrogen-bond donors (Lipinski definition) is 1. The van der Waals surface area contributed by atoms with Gasteiger partial charge in [0.25, 0.3) is 0 Å². The van der Waals surface area contributed by atoms with Gasteiger partial charge in [0, 0.05) is 50.2 Å². The first-order valence-corrected chi connectivity index (χ1v) is 20.4. The van der Waals surface area contributed by atoms with E-state index in [0.717, 1.165) is 12.1 Å². The molecule has 11 aromatic carbocycles. The highest BCUT2D eigenvalue weighted by Crippen LogP contribution is 2.49. The molecule has 0 fully saturated rings. The Labute approximate surface area is 334 Å². The van der Waals surface area contributed by atoms with Crippen LogP contribution in [0.1, 0.15) is 6.92 Å². The molecule has 0 radical (unpaired) electrons. The Kier molecular flexibility index (Phi) is 6.46. The zero-order chi connectivity index (χ0) is 38.1. The summed E-state index contributed by atoms with van der Waals surface area (Å²) >= 11 is 0. The summed E-state index contributed by atoms with van der Waals surface area (Å²) in [5.74, 6) is 0. The highest BCUT2D eigenvalue weighted by Gasteiger charge is 2.22. The van der Waals surface area contributed by atoms with Crippen LogP contribution in [-0.2, 0) is 6.54 Å². The van der Waals surface area contributed by atoms with Crippen LogP contribution in [0.5, 0.6) is 0 Å². The summed E-state index contributed by atoms with van der Waals surface area (Å²) in [6.45, 7) is 3.16. The number of nitrogens with zero attached hydrogens (tertiary/aromatic N) is 1. The first-order chi connectivity index (χ1) is 28.7. The van der Waals surface area contributed by atoms with Gasteiger partial charge in [-0.2, -0.15) is 0 Å². The number of aromatic nitrogens is 2. The fourth-order valence-corrected chi connectivity index (χ4v) is 10.6. The molecule has 0 atom stereocenters. The van der Waals surface area contributed by atoms with Crippen molar-refractivity contribution in [3.8, 4) is 33.4 Å². The number of aryl methyl sites for hydroxylation is 1. The van der Waals surface area contributed by atoms with Gasteiger partial charge in [0.05, 0.1) is 11.0 Å². The van der Waals surface area contributed by atoms with Crippen LogP contribution < -0.4 is 0 Å². The molecule has 0 unspecified atom stereocenters. The molecule has 0 aliphatic carbocycles. The van der Waals surface area contributed by atoms with Crippen molar-refractivity contribution >= 4 is 97.5 Å². The number of aromatic amines is 1. The van der Waals surface area contributed by atoms with Crippen LogP contribution in [0.4, 0.5) is 0 Å². The van der Waals surface area contributed by atoms with Crippen LogP contribution in [0.15, 0.2) is 182 Å². The molecule has 2 aromatic heterocycles. The second-order valence-corrected chi connectivity index (χ2v) is 15.9. The Hall–Kier alpha value is -7.42. The second-order valence-electron chi connectivity index (χ2n) is 15.9. The van der Waals surface area contributed by atoms with Crippen molar-refractivity contribution in [1.29, 1.82) is 0 Å². The van der Waals surface area contributed by atoms with E-state index < -0.39 is 0 Å². The second kappa shape index (κ2) is 11.8. The third kappa shape index (κ3) is 4.21. The summed E-state index contributed by atoms with van der Waals surface area (Å²) < 4.78 is 2.50. The van der Waals surface area contributed by atoms with Crippen LogP contribution in [0.2, 0.25) is 0 Å². The first-order valence-electron chi connectivity index (χ1n) is 20.4. The van der Waals surface area contributed by atoms with E-state index in [4.69, 9.17) is 0 Å². The van der Waals surface area contributed by atoms with Crippen molar-refractivity contribution in [2.45, 2.75) is 13.5 Å². The predicted octanol–water partition coefficient (Wildman–Crippen LogP) is 15.7. The van der Waals surface area contributed by atoms with Gasteiger partial charge in [-0.05, 0) is 107 Å². The van der Waals surface area contributed by atoms with E-state index in [0.29, 0.717) is 0 Å². The minimum absolute atomic E-state index is 0.889. The minimum atomic E-state index is 0.889. The lowest BCUT2D eigenvalue weighted by atomic mass is 9.83. The maximum Gasteiger partial charge on any atom is 0.0571 e. The Balaban J connectivity index is 1.22. The third-order valence-corrected chi connectivity index (χ3v) is 13.0. The Bertz CT molecular complexity index is 3840. The van der Waals surface area contributed by atoms with E-state index in [1.165, 1.54) is 125 Å². The van der Waals surface area contributed by atoms with Gasteiger partial charge in [0.1, 0.15) is 0 Å². The van der Waals surface area contributed by atoms with Crippen molar-refractivity contribution in [2.24, 2.45) is 0 Å². The maximum atomic E-state index is 3.83. The molecule has 0 aliphatic rings. The Morgan fingerprint density at radius 3 is 1.74 bits per heavy atom. The van der Waals surface area contributed by atoms with Crippen LogP contribution in [0, 0.1) is 0 Å². The molecule has 2 nitrogen and oxygen atoms in total. The fourth-order valence-electron chi connectivity index (χ4n) is 10.6. The molecular formula is C56H36N2. The van der Waals surface area contributed by atoms with Crippen LogP contribution in [0.3, 0.4) is 0 Å². The van der Waals surface area contributed by atoms with Gasteiger partial charge in [-0.15, -0.1) is 0 Å². The summed E-state index contributed by atoms with van der Waals surface area (Å²) in [6, 6.07) is 68.2. The summed E-state index contributed by atoms with van der Waals surface area (Å²) in [5.41, 5.74) is 12.4. The number of para-hydroxylation sites is 4. The van der Waals surface area contributed by atoms with Crippen molar-refractivity contribution in [1.82, 2.24) is 9.55 Å². The summed E-state index contributed by atoms with van der Waals surface area (Å²) in [6.07, 6.45) is 0. The lowest BCUT2D eigenvalue weighted by Crippen LogP contribution is -1.96. The van der Waals surface area contributed by atoms with Crippen molar-refractivity contribution in [2.75, 3.05) is 0 Å². The average Bonchev–Trinajstić information content (AvgIpc) is 3.83. The van der Waals surface area contributed by atoms with Gasteiger partial charge in [-0.1, -0.05) is 158 Å². The molecule has 0 amide bonds. The average molecular weight is 737 g/mol. The van der Waals surface area contributed by atoms with Crippen molar-refractivity contribution in [3.63, 3.8) is 0 Å². The summed E-state index contributed by atoms with van der Waals surface area (Å²) in [4.78, 5) is 3.83. The topological polar surface area (TPSA) is 20.7 Å². The predicted molar refractivity (Wildman–Crippen MR) is 250 cm³/mol. The highest BCUT2D eigenvalue weighted by atomic mass is 15.0. The number of benzene rings is 11. The minimum Gasteiger partial charge on any atom is -0.354 e. The van der Waals surface area contributed by atoms with Gasteiger partial charge >= 0.3 is 0 Å². The highest BCUT2D eigenvalue weighted by molar-refractivity contribution is 6.30. The lowest BCUT2D eigenvalue weighted by Gasteiger charge is -2.21.